The van der Waals surface area contributed by atoms with Crippen LogP contribution < -0.4 is 0 Å². The Hall–Kier alpha value is -1.07. The van der Waals surface area contributed by atoms with Gasteiger partial charge in [-0.3, -0.25) is 4.79 Å². The Morgan fingerprint density at radius 2 is 2.08 bits per heavy atom. The SMILES string of the molecule is CCO[C@H]1OC(C(=O)N2CCCCC2)=C[C@@H](C2CC2)[C@@H]1CCCO. The van der Waals surface area contributed by atoms with Crippen molar-refractivity contribution in [2.24, 2.45) is 17.8 Å². The van der Waals surface area contributed by atoms with Gasteiger partial charge in [0.1, 0.15) is 0 Å². The zero-order valence-corrected chi connectivity index (χ0v) is 14.8. The fraction of sp³-hybridized carbons (Fsp3) is 0.842. The molecule has 3 rings (SSSR count). The van der Waals surface area contributed by atoms with Gasteiger partial charge in [0.25, 0.3) is 5.91 Å². The van der Waals surface area contributed by atoms with Crippen LogP contribution in [0.2, 0.25) is 0 Å². The van der Waals surface area contributed by atoms with Crippen LogP contribution in [-0.4, -0.2) is 48.5 Å². The molecule has 1 saturated carbocycles. The molecular weight excluding hydrogens is 306 g/mol. The molecule has 24 heavy (non-hydrogen) atoms. The number of aliphatic hydroxyl groups excluding tert-OH is 1. The number of hydrogen-bond acceptors (Lipinski definition) is 4. The van der Waals surface area contributed by atoms with Gasteiger partial charge < -0.3 is 19.5 Å². The second-order valence-corrected chi connectivity index (χ2v) is 7.27. The highest BCUT2D eigenvalue weighted by Crippen LogP contribution is 2.47. The summed E-state index contributed by atoms with van der Waals surface area (Å²) < 4.78 is 11.9. The molecule has 2 fully saturated rings. The summed E-state index contributed by atoms with van der Waals surface area (Å²) in [6, 6.07) is 0. The van der Waals surface area contributed by atoms with Crippen LogP contribution in [0, 0.1) is 17.8 Å². The minimum absolute atomic E-state index is 0.0330. The molecule has 0 aromatic carbocycles. The first-order valence-corrected chi connectivity index (χ1v) is 9.64. The Kier molecular flexibility index (Phi) is 6.17. The quantitative estimate of drug-likeness (QED) is 0.776. The first-order valence-electron chi connectivity index (χ1n) is 9.64. The first kappa shape index (κ1) is 17.7. The van der Waals surface area contributed by atoms with E-state index in [4.69, 9.17) is 9.47 Å². The number of piperidine rings is 1. The fourth-order valence-electron chi connectivity index (χ4n) is 4.05. The molecule has 2 aliphatic heterocycles. The number of amides is 1. The van der Waals surface area contributed by atoms with Crippen molar-refractivity contribution in [1.82, 2.24) is 4.90 Å². The first-order chi connectivity index (χ1) is 11.7. The van der Waals surface area contributed by atoms with E-state index in [9.17, 15) is 9.90 Å². The van der Waals surface area contributed by atoms with Crippen LogP contribution in [-0.2, 0) is 14.3 Å². The van der Waals surface area contributed by atoms with Gasteiger partial charge in [-0.25, -0.2) is 0 Å². The van der Waals surface area contributed by atoms with Crippen molar-refractivity contribution in [2.45, 2.75) is 58.2 Å². The van der Waals surface area contributed by atoms with Crippen LogP contribution >= 0.6 is 0 Å². The Bertz CT molecular complexity index is 454. The highest BCUT2D eigenvalue weighted by Gasteiger charge is 2.44. The van der Waals surface area contributed by atoms with E-state index in [2.05, 4.69) is 6.08 Å². The average molecular weight is 337 g/mol. The average Bonchev–Trinajstić information content (AvgIpc) is 3.45. The van der Waals surface area contributed by atoms with E-state index >= 15 is 0 Å². The Morgan fingerprint density at radius 3 is 2.71 bits per heavy atom. The molecule has 1 amide bonds. The minimum atomic E-state index is -0.360. The van der Waals surface area contributed by atoms with Crippen molar-refractivity contribution < 1.29 is 19.4 Å². The number of nitrogens with zero attached hydrogens (tertiary/aromatic N) is 1. The topological polar surface area (TPSA) is 59.0 Å². The molecule has 0 spiro atoms. The summed E-state index contributed by atoms with van der Waals surface area (Å²) in [6.45, 7) is 4.39. The molecule has 136 valence electrons. The van der Waals surface area contributed by atoms with Crippen LogP contribution in [0.1, 0.15) is 51.9 Å². The Morgan fingerprint density at radius 1 is 1.33 bits per heavy atom. The summed E-state index contributed by atoms with van der Waals surface area (Å²) in [5, 5.41) is 9.21. The van der Waals surface area contributed by atoms with Crippen molar-refractivity contribution in [3.63, 3.8) is 0 Å². The molecule has 1 N–H and O–H groups in total. The van der Waals surface area contributed by atoms with Crippen molar-refractivity contribution in [3.8, 4) is 0 Å². The summed E-state index contributed by atoms with van der Waals surface area (Å²) in [7, 11) is 0. The highest BCUT2D eigenvalue weighted by atomic mass is 16.7. The van der Waals surface area contributed by atoms with E-state index in [1.54, 1.807) is 0 Å². The second-order valence-electron chi connectivity index (χ2n) is 7.27. The molecule has 0 bridgehead atoms. The smallest absolute Gasteiger partial charge is 0.288 e. The van der Waals surface area contributed by atoms with Gasteiger partial charge in [-0.15, -0.1) is 0 Å². The predicted molar refractivity (Wildman–Crippen MR) is 91.0 cm³/mol. The van der Waals surface area contributed by atoms with E-state index in [0.29, 0.717) is 24.2 Å². The van der Waals surface area contributed by atoms with Crippen LogP contribution in [0.25, 0.3) is 0 Å². The number of likely N-dealkylation sites (tertiary alicyclic amines) is 1. The monoisotopic (exact) mass is 337 g/mol. The van der Waals surface area contributed by atoms with Gasteiger partial charge in [0, 0.05) is 32.2 Å². The van der Waals surface area contributed by atoms with Crippen molar-refractivity contribution in [2.75, 3.05) is 26.3 Å². The number of ether oxygens (including phenoxy) is 2. The van der Waals surface area contributed by atoms with Gasteiger partial charge >= 0.3 is 0 Å². The number of carbonyl (C=O) groups is 1. The van der Waals surface area contributed by atoms with Crippen LogP contribution in [0.4, 0.5) is 0 Å². The van der Waals surface area contributed by atoms with Crippen molar-refractivity contribution in [1.29, 1.82) is 0 Å². The molecule has 3 aliphatic rings. The summed E-state index contributed by atoms with van der Waals surface area (Å²) >= 11 is 0. The van der Waals surface area contributed by atoms with Crippen molar-refractivity contribution in [3.05, 3.63) is 11.8 Å². The molecule has 0 aromatic heterocycles. The molecule has 5 heteroatoms. The lowest BCUT2D eigenvalue weighted by Crippen LogP contribution is -2.43. The third kappa shape index (κ3) is 4.12. The van der Waals surface area contributed by atoms with Gasteiger partial charge in [-0.05, 0) is 69.8 Å². The standard InChI is InChI=1S/C19H31NO4/c1-2-23-19-15(7-6-12-21)16(14-8-9-14)13-17(24-19)18(22)20-10-4-3-5-11-20/h13-16,19,21H,2-12H2,1H3/t15-,16-,19-/m0/s1. The Labute approximate surface area is 145 Å². The van der Waals surface area contributed by atoms with Gasteiger partial charge in [-0.1, -0.05) is 0 Å². The number of carbonyl (C=O) groups excluding carboxylic acids is 1. The summed E-state index contributed by atoms with van der Waals surface area (Å²) in [6.07, 6.45) is 9.17. The maximum Gasteiger partial charge on any atom is 0.288 e. The van der Waals surface area contributed by atoms with Gasteiger partial charge in [0.05, 0.1) is 0 Å². The van der Waals surface area contributed by atoms with Gasteiger partial charge in [-0.2, -0.15) is 0 Å². The molecule has 0 unspecified atom stereocenters. The van der Waals surface area contributed by atoms with E-state index in [1.165, 1.54) is 19.3 Å². The number of allylic oxidation sites excluding steroid dienone is 1. The molecular formula is C19H31NO4. The van der Waals surface area contributed by atoms with Gasteiger partial charge in [0.2, 0.25) is 6.29 Å². The number of hydrogen-bond donors (Lipinski definition) is 1. The zero-order chi connectivity index (χ0) is 16.9. The predicted octanol–water partition coefficient (Wildman–Crippen LogP) is 2.69. The summed E-state index contributed by atoms with van der Waals surface area (Å²) in [5.74, 6) is 1.75. The lowest BCUT2D eigenvalue weighted by molar-refractivity contribution is -0.177. The summed E-state index contributed by atoms with van der Waals surface area (Å²) in [4.78, 5) is 14.8. The molecule has 2 heterocycles. The van der Waals surface area contributed by atoms with E-state index in [1.807, 2.05) is 11.8 Å². The highest BCUT2D eigenvalue weighted by molar-refractivity contribution is 5.91. The largest absolute Gasteiger partial charge is 0.459 e. The lowest BCUT2D eigenvalue weighted by Gasteiger charge is -2.38. The zero-order valence-electron chi connectivity index (χ0n) is 14.8. The summed E-state index contributed by atoms with van der Waals surface area (Å²) in [5.41, 5.74) is 0. The molecule has 0 aromatic rings. The van der Waals surface area contributed by atoms with Crippen LogP contribution in [0.5, 0.6) is 0 Å². The van der Waals surface area contributed by atoms with Crippen LogP contribution in [0.15, 0.2) is 11.8 Å². The van der Waals surface area contributed by atoms with E-state index < -0.39 is 0 Å². The normalized spacial score (nSPS) is 30.7. The molecule has 0 radical (unpaired) electrons. The Balaban J connectivity index is 1.76. The van der Waals surface area contributed by atoms with E-state index in [0.717, 1.165) is 38.8 Å². The van der Waals surface area contributed by atoms with Crippen molar-refractivity contribution >= 4 is 5.91 Å². The lowest BCUT2D eigenvalue weighted by atomic mass is 9.82. The van der Waals surface area contributed by atoms with E-state index in [-0.39, 0.29) is 24.7 Å². The third-order valence-electron chi connectivity index (χ3n) is 5.48. The van der Waals surface area contributed by atoms with Crippen LogP contribution in [0.3, 0.4) is 0 Å². The van der Waals surface area contributed by atoms with Gasteiger partial charge in [0.15, 0.2) is 5.76 Å². The second kappa shape index (κ2) is 8.34. The number of rotatable bonds is 7. The maximum absolute atomic E-state index is 12.8. The third-order valence-corrected chi connectivity index (χ3v) is 5.48. The molecule has 1 saturated heterocycles. The molecule has 5 nitrogen and oxygen atoms in total. The number of aliphatic hydroxyl groups is 1. The maximum atomic E-state index is 12.8. The fourth-order valence-corrected chi connectivity index (χ4v) is 4.05. The molecule has 3 atom stereocenters. The molecule has 1 aliphatic carbocycles. The minimum Gasteiger partial charge on any atom is -0.459 e.